The molecule has 0 aromatic carbocycles. The molecule has 0 aliphatic heterocycles. The predicted molar refractivity (Wildman–Crippen MR) is 104 cm³/mol. The number of rotatable bonds is 6. The molecule has 140 valence electrons. The van der Waals surface area contributed by atoms with E-state index in [1.54, 1.807) is 0 Å². The van der Waals surface area contributed by atoms with Crippen LogP contribution < -0.4 is 11.5 Å². The van der Waals surface area contributed by atoms with Crippen molar-refractivity contribution in [1.29, 1.82) is 0 Å². The summed E-state index contributed by atoms with van der Waals surface area (Å²) in [6, 6.07) is 1.02. The number of hydrogen-bond acceptors (Lipinski definition) is 2. The van der Waals surface area contributed by atoms with E-state index in [9.17, 15) is 0 Å². The Hall–Kier alpha value is -0.0800. The minimum atomic E-state index is 0.511. The molecule has 0 heterocycles. The molecule has 4 N–H and O–H groups in total. The van der Waals surface area contributed by atoms with Crippen LogP contribution in [0.5, 0.6) is 0 Å². The first-order chi connectivity index (χ1) is 11.7. The molecule has 24 heavy (non-hydrogen) atoms. The second kappa shape index (κ2) is 9.57. The molecule has 0 aromatic heterocycles. The molecule has 3 fully saturated rings. The van der Waals surface area contributed by atoms with Gasteiger partial charge in [0.1, 0.15) is 0 Å². The Bertz CT molecular complexity index is 298. The largest absolute Gasteiger partial charge is 0.328 e. The number of hydrogen-bond donors (Lipinski definition) is 2. The van der Waals surface area contributed by atoms with Gasteiger partial charge in [-0.25, -0.2) is 0 Å². The molecule has 0 amide bonds. The van der Waals surface area contributed by atoms with Crippen LogP contribution in [0.15, 0.2) is 0 Å². The van der Waals surface area contributed by atoms with E-state index in [2.05, 4.69) is 0 Å². The number of nitrogens with two attached hydrogens (primary N) is 2. The van der Waals surface area contributed by atoms with Crippen LogP contribution in [-0.2, 0) is 0 Å². The highest BCUT2D eigenvalue weighted by atomic mass is 14.6. The lowest BCUT2D eigenvalue weighted by Gasteiger charge is -2.32. The first-order valence-corrected chi connectivity index (χ1v) is 11.2. The summed E-state index contributed by atoms with van der Waals surface area (Å²) >= 11 is 0. The third-order valence-corrected chi connectivity index (χ3v) is 7.72. The highest BCUT2D eigenvalue weighted by molar-refractivity contribution is 4.79. The molecule has 2 heteroatoms. The van der Waals surface area contributed by atoms with Crippen molar-refractivity contribution in [3.05, 3.63) is 0 Å². The van der Waals surface area contributed by atoms with Crippen LogP contribution in [0.25, 0.3) is 0 Å². The van der Waals surface area contributed by atoms with Crippen molar-refractivity contribution >= 4 is 0 Å². The van der Waals surface area contributed by atoms with Crippen molar-refractivity contribution in [3.63, 3.8) is 0 Å². The Kier molecular flexibility index (Phi) is 7.46. The summed E-state index contributed by atoms with van der Waals surface area (Å²) in [5.74, 6) is 4.09. The van der Waals surface area contributed by atoms with Crippen molar-refractivity contribution in [3.8, 4) is 0 Å². The maximum absolute atomic E-state index is 6.03. The van der Waals surface area contributed by atoms with Crippen LogP contribution >= 0.6 is 0 Å². The van der Waals surface area contributed by atoms with Gasteiger partial charge in [0.15, 0.2) is 0 Å². The van der Waals surface area contributed by atoms with Crippen LogP contribution in [0, 0.1) is 23.7 Å². The lowest BCUT2D eigenvalue weighted by atomic mass is 9.74. The first-order valence-electron chi connectivity index (χ1n) is 11.2. The van der Waals surface area contributed by atoms with Gasteiger partial charge in [-0.3, -0.25) is 0 Å². The van der Waals surface area contributed by atoms with Gasteiger partial charge in [0.2, 0.25) is 0 Å². The van der Waals surface area contributed by atoms with Crippen molar-refractivity contribution in [1.82, 2.24) is 0 Å². The topological polar surface area (TPSA) is 52.0 Å². The summed E-state index contributed by atoms with van der Waals surface area (Å²) in [4.78, 5) is 0. The van der Waals surface area contributed by atoms with Gasteiger partial charge < -0.3 is 11.5 Å². The molecule has 0 bridgehead atoms. The van der Waals surface area contributed by atoms with Crippen molar-refractivity contribution in [2.24, 2.45) is 35.1 Å². The zero-order valence-corrected chi connectivity index (χ0v) is 15.9. The summed E-state index contributed by atoms with van der Waals surface area (Å²) in [5, 5.41) is 0. The highest BCUT2D eigenvalue weighted by Crippen LogP contribution is 2.38. The zero-order valence-electron chi connectivity index (χ0n) is 15.9. The fourth-order valence-corrected chi connectivity index (χ4v) is 5.71. The van der Waals surface area contributed by atoms with Crippen molar-refractivity contribution in [2.45, 2.75) is 115 Å². The van der Waals surface area contributed by atoms with Gasteiger partial charge in [0, 0.05) is 12.1 Å². The fourth-order valence-electron chi connectivity index (χ4n) is 5.71. The first kappa shape index (κ1) is 18.7. The average Bonchev–Trinajstić information content (AvgIpc) is 2.62. The Balaban J connectivity index is 1.24. The Labute approximate surface area is 150 Å². The van der Waals surface area contributed by atoms with Gasteiger partial charge in [0.05, 0.1) is 0 Å². The monoisotopic (exact) mass is 334 g/mol. The summed E-state index contributed by atoms with van der Waals surface area (Å²) in [7, 11) is 0. The molecule has 3 aliphatic rings. The van der Waals surface area contributed by atoms with E-state index in [0.29, 0.717) is 12.1 Å². The quantitative estimate of drug-likeness (QED) is 0.684. The maximum Gasteiger partial charge on any atom is 0.00390 e. The lowest BCUT2D eigenvalue weighted by molar-refractivity contribution is 0.209. The van der Waals surface area contributed by atoms with E-state index in [-0.39, 0.29) is 0 Å². The minimum absolute atomic E-state index is 0.511. The SMILES string of the molecule is NC1CCC(CCC2CCC(CCC3CCC(N)CC3)CC2)CC1. The minimum Gasteiger partial charge on any atom is -0.328 e. The maximum atomic E-state index is 6.03. The summed E-state index contributed by atoms with van der Waals surface area (Å²) in [6.45, 7) is 0. The summed E-state index contributed by atoms with van der Waals surface area (Å²) in [6.07, 6.45) is 22.8. The fraction of sp³-hybridized carbons (Fsp3) is 1.00. The van der Waals surface area contributed by atoms with Crippen LogP contribution in [0.4, 0.5) is 0 Å². The van der Waals surface area contributed by atoms with E-state index in [1.165, 1.54) is 103 Å². The van der Waals surface area contributed by atoms with E-state index < -0.39 is 0 Å². The molecule has 3 saturated carbocycles. The zero-order chi connectivity index (χ0) is 16.8. The third kappa shape index (κ3) is 6.02. The smallest absolute Gasteiger partial charge is 0.00390 e. The molecule has 0 saturated heterocycles. The molecule has 0 spiro atoms. The molecule has 0 unspecified atom stereocenters. The van der Waals surface area contributed by atoms with E-state index in [1.807, 2.05) is 0 Å². The standard InChI is InChI=1S/C22H42N2/c23-21-13-9-19(10-14-21)7-5-17-1-2-18(4-3-17)6-8-20-11-15-22(24)16-12-20/h17-22H,1-16,23-24H2. The van der Waals surface area contributed by atoms with Gasteiger partial charge in [-0.05, 0) is 75.0 Å². The highest BCUT2D eigenvalue weighted by Gasteiger charge is 2.25. The van der Waals surface area contributed by atoms with Crippen LogP contribution in [0.1, 0.15) is 103 Å². The second-order valence-electron chi connectivity index (χ2n) is 9.60. The Morgan fingerprint density at radius 1 is 0.375 bits per heavy atom. The van der Waals surface area contributed by atoms with Gasteiger partial charge in [0.25, 0.3) is 0 Å². The molecular weight excluding hydrogens is 292 g/mol. The normalized spacial score (nSPS) is 41.2. The van der Waals surface area contributed by atoms with E-state index in [0.717, 1.165) is 23.7 Å². The average molecular weight is 335 g/mol. The van der Waals surface area contributed by atoms with Crippen LogP contribution in [0.3, 0.4) is 0 Å². The van der Waals surface area contributed by atoms with Gasteiger partial charge >= 0.3 is 0 Å². The molecule has 3 rings (SSSR count). The van der Waals surface area contributed by atoms with Crippen molar-refractivity contribution < 1.29 is 0 Å². The summed E-state index contributed by atoms with van der Waals surface area (Å²) in [5.41, 5.74) is 12.1. The second-order valence-corrected chi connectivity index (χ2v) is 9.60. The lowest BCUT2D eigenvalue weighted by Crippen LogP contribution is -2.27. The van der Waals surface area contributed by atoms with Crippen LogP contribution in [-0.4, -0.2) is 12.1 Å². The molecule has 0 radical (unpaired) electrons. The molecular formula is C22H42N2. The van der Waals surface area contributed by atoms with Crippen molar-refractivity contribution in [2.75, 3.05) is 0 Å². The van der Waals surface area contributed by atoms with Gasteiger partial charge in [-0.15, -0.1) is 0 Å². The summed E-state index contributed by atoms with van der Waals surface area (Å²) < 4.78 is 0. The van der Waals surface area contributed by atoms with E-state index in [4.69, 9.17) is 11.5 Å². The third-order valence-electron chi connectivity index (χ3n) is 7.72. The van der Waals surface area contributed by atoms with Crippen LogP contribution in [0.2, 0.25) is 0 Å². The molecule has 3 aliphatic carbocycles. The predicted octanol–water partition coefficient (Wildman–Crippen LogP) is 5.39. The molecule has 2 nitrogen and oxygen atoms in total. The molecule has 0 atom stereocenters. The Morgan fingerprint density at radius 3 is 0.833 bits per heavy atom. The van der Waals surface area contributed by atoms with E-state index >= 15 is 0 Å². The van der Waals surface area contributed by atoms with Gasteiger partial charge in [-0.1, -0.05) is 51.4 Å². The van der Waals surface area contributed by atoms with Gasteiger partial charge in [-0.2, -0.15) is 0 Å². The Morgan fingerprint density at radius 2 is 0.583 bits per heavy atom. The molecule has 0 aromatic rings.